The molecule has 1 fully saturated rings. The lowest BCUT2D eigenvalue weighted by atomic mass is 10.1. The summed E-state index contributed by atoms with van der Waals surface area (Å²) in [5.41, 5.74) is 1.74. The van der Waals surface area contributed by atoms with Crippen LogP contribution in [-0.4, -0.2) is 11.0 Å². The van der Waals surface area contributed by atoms with Gasteiger partial charge in [0.2, 0.25) is 0 Å². The molecule has 2 aliphatic rings. The Kier molecular flexibility index (Phi) is 3.48. The number of nitrogens with zero attached hydrogens (tertiary/aromatic N) is 1. The molecule has 21 heavy (non-hydrogen) atoms. The molecule has 1 atom stereocenters. The van der Waals surface area contributed by atoms with Crippen molar-refractivity contribution in [2.24, 2.45) is 0 Å². The summed E-state index contributed by atoms with van der Waals surface area (Å²) in [4.78, 5) is 6.12. The van der Waals surface area contributed by atoms with Crippen molar-refractivity contribution < 1.29 is 4.39 Å². The van der Waals surface area contributed by atoms with Crippen molar-refractivity contribution in [1.82, 2.24) is 10.3 Å². The van der Waals surface area contributed by atoms with Gasteiger partial charge in [-0.2, -0.15) is 0 Å². The van der Waals surface area contributed by atoms with E-state index in [1.165, 1.54) is 23.1 Å². The molecule has 1 heterocycles. The topological polar surface area (TPSA) is 24.9 Å². The molecular formula is C16H16ClFN2S. The van der Waals surface area contributed by atoms with Gasteiger partial charge in [0.1, 0.15) is 10.8 Å². The Morgan fingerprint density at radius 1 is 1.33 bits per heavy atom. The molecule has 110 valence electrons. The maximum atomic E-state index is 14.3. The van der Waals surface area contributed by atoms with E-state index in [9.17, 15) is 4.39 Å². The minimum Gasteiger partial charge on any atom is -0.301 e. The molecule has 2 aromatic rings. The lowest BCUT2D eigenvalue weighted by Gasteiger charge is -2.19. The minimum absolute atomic E-state index is 0.221. The fourth-order valence-corrected chi connectivity index (χ4v) is 4.38. The van der Waals surface area contributed by atoms with Crippen molar-refractivity contribution in [3.05, 3.63) is 50.2 Å². The third kappa shape index (κ3) is 2.60. The summed E-state index contributed by atoms with van der Waals surface area (Å²) in [7, 11) is 0. The van der Waals surface area contributed by atoms with Crippen LogP contribution < -0.4 is 5.32 Å². The van der Waals surface area contributed by atoms with Crippen molar-refractivity contribution in [3.8, 4) is 0 Å². The van der Waals surface area contributed by atoms with Gasteiger partial charge >= 0.3 is 0 Å². The van der Waals surface area contributed by atoms with Crippen LogP contribution in [0.3, 0.4) is 0 Å². The molecule has 4 rings (SSSR count). The van der Waals surface area contributed by atoms with Gasteiger partial charge in [0.15, 0.2) is 0 Å². The summed E-state index contributed by atoms with van der Waals surface area (Å²) in [5, 5.41) is 4.95. The lowest BCUT2D eigenvalue weighted by Crippen LogP contribution is -2.25. The first-order valence-corrected chi connectivity index (χ1v) is 8.60. The van der Waals surface area contributed by atoms with Gasteiger partial charge in [0.05, 0.1) is 11.7 Å². The maximum Gasteiger partial charge on any atom is 0.129 e. The van der Waals surface area contributed by atoms with Gasteiger partial charge in [-0.25, -0.2) is 9.37 Å². The monoisotopic (exact) mass is 322 g/mol. The number of hydrogen-bond donors (Lipinski definition) is 1. The number of rotatable bonds is 4. The summed E-state index contributed by atoms with van der Waals surface area (Å²) in [6.45, 7) is 0. The van der Waals surface area contributed by atoms with Crippen molar-refractivity contribution in [2.45, 2.75) is 44.2 Å². The van der Waals surface area contributed by atoms with Crippen molar-refractivity contribution in [3.63, 3.8) is 0 Å². The number of hydrogen-bond acceptors (Lipinski definition) is 3. The average molecular weight is 323 g/mol. The smallest absolute Gasteiger partial charge is 0.129 e. The number of fused-ring (bicyclic) bond motifs is 1. The third-order valence-corrected chi connectivity index (χ3v) is 5.68. The predicted molar refractivity (Wildman–Crippen MR) is 83.5 cm³/mol. The molecule has 1 unspecified atom stereocenters. The molecule has 1 N–H and O–H groups in total. The summed E-state index contributed by atoms with van der Waals surface area (Å²) >= 11 is 7.98. The van der Waals surface area contributed by atoms with Crippen LogP contribution in [0.4, 0.5) is 4.39 Å². The second kappa shape index (κ2) is 5.34. The standard InChI is InChI=1S/C16H16ClFN2S/c17-10-3-1-4-11(18)14(10)15(19-9-7-8-9)16-20-12-5-2-6-13(12)21-16/h1,3-4,9,15,19H,2,5-8H2. The Morgan fingerprint density at radius 2 is 2.19 bits per heavy atom. The molecule has 0 radical (unpaired) electrons. The third-order valence-electron chi connectivity index (χ3n) is 4.13. The van der Waals surface area contributed by atoms with Gasteiger partial charge in [0, 0.05) is 21.5 Å². The molecule has 0 spiro atoms. The second-order valence-corrected chi connectivity index (χ2v) is 7.31. The van der Waals surface area contributed by atoms with E-state index in [4.69, 9.17) is 16.6 Å². The number of aryl methyl sites for hydroxylation is 2. The zero-order chi connectivity index (χ0) is 14.4. The lowest BCUT2D eigenvalue weighted by molar-refractivity contribution is 0.544. The fourth-order valence-electron chi connectivity index (χ4n) is 2.88. The minimum atomic E-state index is -0.254. The maximum absolute atomic E-state index is 14.3. The van der Waals surface area contributed by atoms with Crippen LogP contribution in [0.25, 0.3) is 0 Å². The van der Waals surface area contributed by atoms with Crippen LogP contribution in [0, 0.1) is 5.82 Å². The molecule has 0 bridgehead atoms. The normalized spacial score (nSPS) is 18.8. The number of nitrogens with one attached hydrogen (secondary N) is 1. The zero-order valence-corrected chi connectivity index (χ0v) is 13.1. The Balaban J connectivity index is 1.76. The molecule has 1 aromatic heterocycles. The van der Waals surface area contributed by atoms with Crippen LogP contribution in [0.15, 0.2) is 18.2 Å². The van der Waals surface area contributed by atoms with Crippen molar-refractivity contribution in [2.75, 3.05) is 0 Å². The number of benzene rings is 1. The SMILES string of the molecule is Fc1cccc(Cl)c1C(NC1CC1)c1nc2c(s1)CCC2. The molecule has 5 heteroatoms. The van der Waals surface area contributed by atoms with E-state index in [2.05, 4.69) is 5.32 Å². The highest BCUT2D eigenvalue weighted by atomic mass is 35.5. The van der Waals surface area contributed by atoms with E-state index in [1.807, 2.05) is 0 Å². The van der Waals surface area contributed by atoms with Gasteiger partial charge in [-0.1, -0.05) is 17.7 Å². The Hall–Kier alpha value is -0.970. The van der Waals surface area contributed by atoms with E-state index in [1.54, 1.807) is 23.5 Å². The summed E-state index contributed by atoms with van der Waals surface area (Å²) in [6.07, 6.45) is 5.64. The molecule has 0 amide bonds. The van der Waals surface area contributed by atoms with Gasteiger partial charge in [-0.15, -0.1) is 11.3 Å². The Labute approximate surface area is 132 Å². The molecule has 2 aliphatic carbocycles. The van der Waals surface area contributed by atoms with Crippen molar-refractivity contribution >= 4 is 22.9 Å². The van der Waals surface area contributed by atoms with E-state index in [-0.39, 0.29) is 11.9 Å². The highest BCUT2D eigenvalue weighted by molar-refractivity contribution is 7.11. The average Bonchev–Trinajstić information content (AvgIpc) is 3.01. The van der Waals surface area contributed by atoms with Gasteiger partial charge in [-0.3, -0.25) is 0 Å². The van der Waals surface area contributed by atoms with Crippen LogP contribution in [-0.2, 0) is 12.8 Å². The second-order valence-electron chi connectivity index (χ2n) is 5.78. The van der Waals surface area contributed by atoms with E-state index < -0.39 is 0 Å². The Morgan fingerprint density at radius 3 is 2.90 bits per heavy atom. The molecule has 1 saturated carbocycles. The quantitative estimate of drug-likeness (QED) is 0.909. The van der Waals surface area contributed by atoms with Crippen LogP contribution in [0.1, 0.15) is 46.4 Å². The van der Waals surface area contributed by atoms with E-state index in [0.717, 1.165) is 30.7 Å². The van der Waals surface area contributed by atoms with Crippen molar-refractivity contribution in [1.29, 1.82) is 0 Å². The van der Waals surface area contributed by atoms with E-state index >= 15 is 0 Å². The number of thiazole rings is 1. The van der Waals surface area contributed by atoms with Gasteiger partial charge < -0.3 is 5.32 Å². The highest BCUT2D eigenvalue weighted by Crippen LogP contribution is 2.38. The van der Waals surface area contributed by atoms with Crippen LogP contribution in [0.2, 0.25) is 5.02 Å². The first-order valence-electron chi connectivity index (χ1n) is 7.41. The van der Waals surface area contributed by atoms with Crippen LogP contribution >= 0.6 is 22.9 Å². The highest BCUT2D eigenvalue weighted by Gasteiger charge is 2.32. The molecule has 2 nitrogen and oxygen atoms in total. The van der Waals surface area contributed by atoms with Crippen LogP contribution in [0.5, 0.6) is 0 Å². The zero-order valence-electron chi connectivity index (χ0n) is 11.5. The number of halogens is 2. The Bertz CT molecular complexity index is 639. The first-order chi connectivity index (χ1) is 10.2. The molecule has 0 saturated heterocycles. The largest absolute Gasteiger partial charge is 0.301 e. The predicted octanol–water partition coefficient (Wildman–Crippen LogP) is 4.27. The fraction of sp³-hybridized carbons (Fsp3) is 0.438. The van der Waals surface area contributed by atoms with E-state index in [0.29, 0.717) is 16.6 Å². The first kappa shape index (κ1) is 13.7. The molecule has 1 aromatic carbocycles. The summed E-state index contributed by atoms with van der Waals surface area (Å²) in [5.74, 6) is -0.254. The summed E-state index contributed by atoms with van der Waals surface area (Å²) in [6, 6.07) is 5.12. The van der Waals surface area contributed by atoms with Gasteiger partial charge in [-0.05, 0) is 44.2 Å². The number of aromatic nitrogens is 1. The molecular weight excluding hydrogens is 307 g/mol. The van der Waals surface area contributed by atoms with Gasteiger partial charge in [0.25, 0.3) is 0 Å². The summed E-state index contributed by atoms with van der Waals surface area (Å²) < 4.78 is 14.3. The molecule has 0 aliphatic heterocycles.